The van der Waals surface area contributed by atoms with Crippen molar-refractivity contribution in [1.29, 1.82) is 0 Å². The molecule has 0 bridgehead atoms. The minimum atomic E-state index is 0.544. The number of hydrogen-bond donors (Lipinski definition) is 0. The summed E-state index contributed by atoms with van der Waals surface area (Å²) in [5.41, 5.74) is 0. The molecule has 86 valence electrons. The second-order valence-electron chi connectivity index (χ2n) is 3.85. The monoisotopic (exact) mass is 264 g/mol. The second kappa shape index (κ2) is 11.5. The maximum absolute atomic E-state index is 5.55. The predicted octanol–water partition coefficient (Wildman–Crippen LogP) is 4.54. The van der Waals surface area contributed by atoms with Crippen molar-refractivity contribution < 1.29 is 4.74 Å². The maximum atomic E-state index is 5.55. The third kappa shape index (κ3) is 10.5. The first-order chi connectivity index (χ1) is 6.81. The topological polar surface area (TPSA) is 9.23 Å². The molecule has 0 amide bonds. The fraction of sp³-hybridized carbons (Fsp3) is 1.00. The third-order valence-electron chi connectivity index (χ3n) is 2.38. The van der Waals surface area contributed by atoms with E-state index in [9.17, 15) is 0 Å². The van der Waals surface area contributed by atoms with Crippen molar-refractivity contribution in [2.75, 3.05) is 13.2 Å². The normalized spacial score (nSPS) is 13.1. The average Bonchev–Trinajstić information content (AvgIpc) is 2.21. The first kappa shape index (κ1) is 14.4. The number of rotatable bonds is 10. The molecule has 0 saturated heterocycles. The van der Waals surface area contributed by atoms with Gasteiger partial charge in [0.2, 0.25) is 0 Å². The van der Waals surface area contributed by atoms with E-state index in [1.165, 1.54) is 38.5 Å². The Bertz CT molecular complexity index is 106. The highest BCUT2D eigenvalue weighted by Gasteiger charge is 1.99. The summed E-state index contributed by atoms with van der Waals surface area (Å²) in [6.07, 6.45) is 9.20. The second-order valence-corrected chi connectivity index (χ2v) is 5.14. The van der Waals surface area contributed by atoms with Gasteiger partial charge in [0.15, 0.2) is 0 Å². The Morgan fingerprint density at radius 1 is 1.00 bits per heavy atom. The van der Waals surface area contributed by atoms with E-state index in [1.807, 2.05) is 0 Å². The van der Waals surface area contributed by atoms with Crippen LogP contribution in [0, 0.1) is 0 Å². The molecule has 0 aliphatic rings. The van der Waals surface area contributed by atoms with Crippen molar-refractivity contribution in [3.63, 3.8) is 0 Å². The minimum absolute atomic E-state index is 0.544. The van der Waals surface area contributed by atoms with Crippen LogP contribution in [0.2, 0.25) is 0 Å². The Morgan fingerprint density at radius 3 is 2.29 bits per heavy atom. The summed E-state index contributed by atoms with van der Waals surface area (Å²) >= 11 is 3.56. The van der Waals surface area contributed by atoms with Gasteiger partial charge in [-0.15, -0.1) is 0 Å². The van der Waals surface area contributed by atoms with Gasteiger partial charge in [0, 0.05) is 11.4 Å². The standard InChI is InChI=1S/C12H25BrO/c1-3-5-6-7-8-9-10-14-11-12(13)4-2/h12H,3-11H2,1-2H3. The van der Waals surface area contributed by atoms with Crippen molar-refractivity contribution in [1.82, 2.24) is 0 Å². The van der Waals surface area contributed by atoms with Gasteiger partial charge in [-0.05, 0) is 12.8 Å². The van der Waals surface area contributed by atoms with Crippen molar-refractivity contribution in [3.8, 4) is 0 Å². The van der Waals surface area contributed by atoms with Crippen LogP contribution in [-0.4, -0.2) is 18.0 Å². The first-order valence-electron chi connectivity index (χ1n) is 6.03. The molecule has 1 nitrogen and oxygen atoms in total. The summed E-state index contributed by atoms with van der Waals surface area (Å²) in [6, 6.07) is 0. The fourth-order valence-corrected chi connectivity index (χ4v) is 1.50. The number of unbranched alkanes of at least 4 members (excludes halogenated alkanes) is 5. The SMILES string of the molecule is CCCCCCCCOCC(Br)CC. The summed E-state index contributed by atoms with van der Waals surface area (Å²) in [7, 11) is 0. The lowest BCUT2D eigenvalue weighted by Gasteiger charge is -2.07. The van der Waals surface area contributed by atoms with Crippen molar-refractivity contribution >= 4 is 15.9 Å². The highest BCUT2D eigenvalue weighted by molar-refractivity contribution is 9.09. The van der Waals surface area contributed by atoms with E-state index in [-0.39, 0.29) is 0 Å². The Kier molecular flexibility index (Phi) is 11.9. The van der Waals surface area contributed by atoms with Gasteiger partial charge in [0.1, 0.15) is 0 Å². The third-order valence-corrected chi connectivity index (χ3v) is 3.30. The van der Waals surface area contributed by atoms with Crippen LogP contribution in [-0.2, 0) is 4.74 Å². The number of alkyl halides is 1. The van der Waals surface area contributed by atoms with E-state index in [4.69, 9.17) is 4.74 Å². The summed E-state index contributed by atoms with van der Waals surface area (Å²) in [6.45, 7) is 6.23. The maximum Gasteiger partial charge on any atom is 0.0591 e. The molecule has 14 heavy (non-hydrogen) atoms. The van der Waals surface area contributed by atoms with Gasteiger partial charge >= 0.3 is 0 Å². The van der Waals surface area contributed by atoms with Crippen LogP contribution in [0.25, 0.3) is 0 Å². The molecule has 0 spiro atoms. The van der Waals surface area contributed by atoms with Crippen LogP contribution in [0.5, 0.6) is 0 Å². The Labute approximate surface area is 97.7 Å². The summed E-state index contributed by atoms with van der Waals surface area (Å²) in [4.78, 5) is 0.544. The zero-order valence-electron chi connectivity index (χ0n) is 9.73. The van der Waals surface area contributed by atoms with Crippen LogP contribution in [0.1, 0.15) is 58.8 Å². The lowest BCUT2D eigenvalue weighted by atomic mass is 10.1. The average molecular weight is 265 g/mol. The zero-order valence-corrected chi connectivity index (χ0v) is 11.3. The number of halogens is 1. The lowest BCUT2D eigenvalue weighted by Crippen LogP contribution is -2.07. The molecule has 2 heteroatoms. The lowest BCUT2D eigenvalue weighted by molar-refractivity contribution is 0.131. The highest BCUT2D eigenvalue weighted by Crippen LogP contribution is 2.07. The van der Waals surface area contributed by atoms with Crippen molar-refractivity contribution in [2.45, 2.75) is 63.6 Å². The highest BCUT2D eigenvalue weighted by atomic mass is 79.9. The van der Waals surface area contributed by atoms with Gasteiger partial charge in [-0.3, -0.25) is 0 Å². The number of ether oxygens (including phenoxy) is 1. The van der Waals surface area contributed by atoms with E-state index in [0.29, 0.717) is 4.83 Å². The van der Waals surface area contributed by atoms with Gasteiger partial charge < -0.3 is 4.74 Å². The van der Waals surface area contributed by atoms with E-state index < -0.39 is 0 Å². The minimum Gasteiger partial charge on any atom is -0.380 e. The van der Waals surface area contributed by atoms with Gasteiger partial charge in [-0.1, -0.05) is 61.9 Å². The molecule has 0 heterocycles. The molecule has 0 aromatic heterocycles. The largest absolute Gasteiger partial charge is 0.380 e. The Morgan fingerprint density at radius 2 is 1.64 bits per heavy atom. The van der Waals surface area contributed by atoms with Crippen LogP contribution >= 0.6 is 15.9 Å². The molecule has 1 atom stereocenters. The van der Waals surface area contributed by atoms with E-state index >= 15 is 0 Å². The van der Waals surface area contributed by atoms with Gasteiger partial charge in [0.05, 0.1) is 6.61 Å². The van der Waals surface area contributed by atoms with Crippen LogP contribution in [0.4, 0.5) is 0 Å². The molecule has 0 fully saturated rings. The Hall–Kier alpha value is 0.440. The molecular weight excluding hydrogens is 240 g/mol. The van der Waals surface area contributed by atoms with Gasteiger partial charge in [-0.2, -0.15) is 0 Å². The van der Waals surface area contributed by atoms with E-state index in [2.05, 4.69) is 29.8 Å². The Balaban J connectivity index is 2.92. The van der Waals surface area contributed by atoms with Crippen molar-refractivity contribution in [2.24, 2.45) is 0 Å². The van der Waals surface area contributed by atoms with Gasteiger partial charge in [-0.25, -0.2) is 0 Å². The summed E-state index contributed by atoms with van der Waals surface area (Å²) < 4.78 is 5.55. The molecular formula is C12H25BrO. The molecule has 1 unspecified atom stereocenters. The quantitative estimate of drug-likeness (QED) is 0.416. The van der Waals surface area contributed by atoms with Gasteiger partial charge in [0.25, 0.3) is 0 Å². The number of hydrogen-bond acceptors (Lipinski definition) is 1. The fourth-order valence-electron chi connectivity index (χ4n) is 1.31. The molecule has 0 N–H and O–H groups in total. The predicted molar refractivity (Wildman–Crippen MR) is 67.2 cm³/mol. The molecule has 0 aromatic rings. The van der Waals surface area contributed by atoms with E-state index in [0.717, 1.165) is 19.6 Å². The van der Waals surface area contributed by atoms with Crippen molar-refractivity contribution in [3.05, 3.63) is 0 Å². The van der Waals surface area contributed by atoms with E-state index in [1.54, 1.807) is 0 Å². The smallest absolute Gasteiger partial charge is 0.0591 e. The molecule has 0 aliphatic carbocycles. The zero-order chi connectivity index (χ0) is 10.6. The molecule has 0 radical (unpaired) electrons. The molecule has 0 aliphatic heterocycles. The molecule has 0 rings (SSSR count). The van der Waals surface area contributed by atoms with Crippen LogP contribution in [0.15, 0.2) is 0 Å². The molecule has 0 aromatic carbocycles. The summed E-state index contributed by atoms with van der Waals surface area (Å²) in [5.74, 6) is 0. The molecule has 0 saturated carbocycles. The first-order valence-corrected chi connectivity index (χ1v) is 6.94. The van der Waals surface area contributed by atoms with Crippen LogP contribution in [0.3, 0.4) is 0 Å². The van der Waals surface area contributed by atoms with Crippen LogP contribution < -0.4 is 0 Å². The summed E-state index contributed by atoms with van der Waals surface area (Å²) in [5, 5.41) is 0.